The number of Topliss-reactive ketones (excluding diaryl/α,β-unsaturated/α-hetero) is 1. The van der Waals surface area contributed by atoms with Gasteiger partial charge in [0.15, 0.2) is 0 Å². The van der Waals surface area contributed by atoms with Crippen molar-refractivity contribution in [3.8, 4) is 5.75 Å². The first-order valence-electron chi connectivity index (χ1n) is 11.6. The normalized spacial score (nSPS) is 28.1. The number of anilines is 1. The molecule has 3 aliphatic rings. The molecule has 4 atom stereocenters. The molecular formula is C25H32BN3O6. The number of likely N-dealkylation sites (N-methyl/N-ethyl adjacent to an activating group) is 1. The Morgan fingerprint density at radius 1 is 1.23 bits per heavy atom. The van der Waals surface area contributed by atoms with E-state index >= 15 is 0 Å². The zero-order valence-electron chi connectivity index (χ0n) is 20.7. The number of amides is 1. The van der Waals surface area contributed by atoms with Crippen LogP contribution in [0.1, 0.15) is 30.0 Å². The van der Waals surface area contributed by atoms with Gasteiger partial charge in [-0.15, -0.1) is 0 Å². The number of hydrogen-bond acceptors (Lipinski definition) is 8. The van der Waals surface area contributed by atoms with Crippen LogP contribution in [0.3, 0.4) is 0 Å². The summed E-state index contributed by atoms with van der Waals surface area (Å²) in [6.07, 6.45) is 1.22. The summed E-state index contributed by atoms with van der Waals surface area (Å²) in [5.74, 6) is -4.65. The monoisotopic (exact) mass is 481 g/mol. The Labute approximate surface area is 205 Å². The van der Waals surface area contributed by atoms with E-state index in [0.29, 0.717) is 29.4 Å². The van der Waals surface area contributed by atoms with E-state index in [1.807, 2.05) is 32.0 Å². The summed E-state index contributed by atoms with van der Waals surface area (Å²) in [5, 5.41) is 45.2. The summed E-state index contributed by atoms with van der Waals surface area (Å²) in [4.78, 5) is 29.0. The van der Waals surface area contributed by atoms with Crippen LogP contribution in [0.5, 0.6) is 5.75 Å². The zero-order chi connectivity index (χ0) is 26.1. The van der Waals surface area contributed by atoms with Crippen molar-refractivity contribution in [1.29, 1.82) is 0 Å². The summed E-state index contributed by atoms with van der Waals surface area (Å²) in [6.45, 7) is 1.92. The van der Waals surface area contributed by atoms with Crippen molar-refractivity contribution in [2.75, 3.05) is 33.1 Å². The molecule has 0 unspecified atom stereocenters. The fraction of sp³-hybridized carbons (Fsp3) is 0.480. The molecule has 0 radical (unpaired) electrons. The Kier molecular flexibility index (Phi) is 5.88. The number of aromatic hydroxyl groups is 1. The van der Waals surface area contributed by atoms with Crippen molar-refractivity contribution in [1.82, 2.24) is 4.90 Å². The molecule has 0 aliphatic heterocycles. The van der Waals surface area contributed by atoms with Gasteiger partial charge in [0.1, 0.15) is 0 Å². The Morgan fingerprint density at radius 2 is 1.86 bits per heavy atom. The SMILES string of the molecule is B=C1C2=C(O)[C@]3(O)C(=O)C(C(N)=O)=C(O)[C@H](N(C)C)[C@@H]3C[C@@H]2Cc2c(N(C)C)cc(CC)c(O)c21. The van der Waals surface area contributed by atoms with Gasteiger partial charge in [-0.05, 0) is 0 Å². The van der Waals surface area contributed by atoms with Gasteiger partial charge in [0.05, 0.1) is 0 Å². The summed E-state index contributed by atoms with van der Waals surface area (Å²) in [7, 11) is 11.3. The van der Waals surface area contributed by atoms with E-state index in [1.165, 1.54) is 0 Å². The molecule has 9 nitrogen and oxygen atoms in total. The van der Waals surface area contributed by atoms with Gasteiger partial charge < -0.3 is 0 Å². The molecule has 186 valence electrons. The maximum absolute atomic E-state index is 13.4. The number of primary amides is 1. The Hall–Kier alpha value is -3.11. The second-order valence-electron chi connectivity index (χ2n) is 10.1. The number of aliphatic hydroxyl groups is 3. The summed E-state index contributed by atoms with van der Waals surface area (Å²) in [5.41, 5.74) is 5.78. The van der Waals surface area contributed by atoms with Gasteiger partial charge in [0, 0.05) is 0 Å². The van der Waals surface area contributed by atoms with Gasteiger partial charge in [-0.1, -0.05) is 0 Å². The predicted molar refractivity (Wildman–Crippen MR) is 134 cm³/mol. The molecule has 0 saturated heterocycles. The van der Waals surface area contributed by atoms with Crippen LogP contribution in [0.2, 0.25) is 0 Å². The Morgan fingerprint density at radius 3 is 2.37 bits per heavy atom. The van der Waals surface area contributed by atoms with Crippen LogP contribution in [0, 0.1) is 11.8 Å². The Balaban J connectivity index is 2.00. The number of phenols is 1. The average molecular weight is 481 g/mol. The molecular weight excluding hydrogens is 449 g/mol. The van der Waals surface area contributed by atoms with E-state index in [2.05, 4.69) is 7.49 Å². The Bertz CT molecular complexity index is 1230. The molecule has 0 spiro atoms. The second-order valence-corrected chi connectivity index (χ2v) is 10.1. The van der Waals surface area contributed by atoms with Crippen LogP contribution in [0.15, 0.2) is 28.7 Å². The van der Waals surface area contributed by atoms with Crippen LogP contribution >= 0.6 is 0 Å². The van der Waals surface area contributed by atoms with Crippen LogP contribution < -0.4 is 10.6 Å². The average Bonchev–Trinajstić information content (AvgIpc) is 2.75. The first-order chi connectivity index (χ1) is 16.3. The third kappa shape index (κ3) is 3.26. The van der Waals surface area contributed by atoms with Crippen molar-refractivity contribution >= 4 is 30.3 Å². The third-order valence-corrected chi connectivity index (χ3v) is 7.80. The summed E-state index contributed by atoms with van der Waals surface area (Å²) < 4.78 is 0. The zero-order valence-corrected chi connectivity index (χ0v) is 20.7. The van der Waals surface area contributed by atoms with Crippen LogP contribution in [0.4, 0.5) is 5.69 Å². The number of carbonyl (C=O) groups excluding carboxylic acids is 2. The van der Waals surface area contributed by atoms with Crippen molar-refractivity contribution in [3.05, 3.63) is 45.4 Å². The predicted octanol–water partition coefficient (Wildman–Crippen LogP) is -0.0124. The molecule has 0 bridgehead atoms. The quantitative estimate of drug-likeness (QED) is 0.298. The number of carbonyl (C=O) groups is 2. The third-order valence-electron chi connectivity index (χ3n) is 7.80. The van der Waals surface area contributed by atoms with Crippen molar-refractivity contribution in [2.45, 2.75) is 37.8 Å². The molecule has 10 heteroatoms. The first kappa shape index (κ1) is 25.0. The number of phenolic OH excluding ortho intramolecular Hbond substituents is 1. The van der Waals surface area contributed by atoms with E-state index in [9.17, 15) is 30.0 Å². The molecule has 3 aliphatic carbocycles. The fourth-order valence-corrected chi connectivity index (χ4v) is 6.20. The molecule has 0 fully saturated rings. The number of aryl methyl sites for hydroxylation is 1. The molecule has 0 aromatic heterocycles. The van der Waals surface area contributed by atoms with Crippen molar-refractivity contribution in [3.63, 3.8) is 0 Å². The number of aliphatic hydroxyl groups excluding tert-OH is 2. The van der Waals surface area contributed by atoms with Crippen molar-refractivity contribution < 1.29 is 30.0 Å². The molecule has 35 heavy (non-hydrogen) atoms. The summed E-state index contributed by atoms with van der Waals surface area (Å²) in [6, 6.07) is 1.01. The van der Waals surface area contributed by atoms with Gasteiger partial charge in [0.2, 0.25) is 0 Å². The van der Waals surface area contributed by atoms with Crippen molar-refractivity contribution in [2.24, 2.45) is 17.6 Å². The number of nitrogens with two attached hydrogens (primary N) is 1. The molecule has 6 N–H and O–H groups in total. The standard InChI is InChI=1S/C25H32BN3O6/c1-6-10-9-14(28(2)3)12-7-11-8-13-19(29(4)5)21(31)17(24(27)34)23(33)25(13,35)22(32)15(11)18(26)16(12)20(10)30/h9,11,13,19,26,30-32,35H,6-8H2,1-5H3,(H2,27,34)/t11-,13-,19+,25-/m0/s1. The number of allylic oxidation sites excluding steroid dienone is 1. The fourth-order valence-electron chi connectivity index (χ4n) is 6.20. The number of nitrogens with zero attached hydrogens (tertiary/aromatic N) is 2. The molecule has 1 aromatic carbocycles. The maximum atomic E-state index is 13.4. The van der Waals surface area contributed by atoms with Crippen LogP contribution in [-0.2, 0) is 22.4 Å². The van der Waals surface area contributed by atoms with Crippen LogP contribution in [0.25, 0.3) is 0 Å². The minimum atomic E-state index is -2.47. The molecule has 0 saturated carbocycles. The van der Waals surface area contributed by atoms with Gasteiger partial charge in [0.25, 0.3) is 0 Å². The number of rotatable bonds is 4. The van der Waals surface area contributed by atoms with Gasteiger partial charge in [-0.3, -0.25) is 0 Å². The number of hydrogen-bond donors (Lipinski definition) is 5. The number of benzene rings is 1. The van der Waals surface area contributed by atoms with E-state index in [0.717, 1.165) is 11.3 Å². The first-order valence-corrected chi connectivity index (χ1v) is 11.6. The molecule has 0 heterocycles. The van der Waals surface area contributed by atoms with E-state index in [4.69, 9.17) is 5.73 Å². The molecule has 1 aromatic rings. The van der Waals surface area contributed by atoms with E-state index in [-0.39, 0.29) is 23.7 Å². The number of fused-ring (bicyclic) bond motifs is 3. The van der Waals surface area contributed by atoms with Crippen LogP contribution in [-0.4, -0.2) is 89.8 Å². The van der Waals surface area contributed by atoms with Gasteiger partial charge >= 0.3 is 205 Å². The molecule has 4 rings (SSSR count). The van der Waals surface area contributed by atoms with E-state index in [1.54, 1.807) is 19.0 Å². The number of ketones is 1. The second kappa shape index (κ2) is 8.24. The summed E-state index contributed by atoms with van der Waals surface area (Å²) >= 11 is 0. The topological polar surface area (TPSA) is 148 Å². The minimum absolute atomic E-state index is 0.0578. The van der Waals surface area contributed by atoms with Gasteiger partial charge in [-0.25, -0.2) is 0 Å². The van der Waals surface area contributed by atoms with Gasteiger partial charge in [-0.2, -0.15) is 0 Å². The van der Waals surface area contributed by atoms with E-state index < -0.39 is 46.3 Å². The molecule has 1 amide bonds.